The number of carbonyl (C=O) groups is 1. The van der Waals surface area contributed by atoms with Crippen molar-refractivity contribution in [3.63, 3.8) is 0 Å². The molecule has 2 rings (SSSR count). The summed E-state index contributed by atoms with van der Waals surface area (Å²) < 4.78 is 15.9. The fourth-order valence-electron chi connectivity index (χ4n) is 2.48. The Labute approximate surface area is 134 Å². The van der Waals surface area contributed by atoms with Gasteiger partial charge in [-0.15, -0.1) is 0 Å². The zero-order valence-electron chi connectivity index (χ0n) is 13.3. The first kappa shape index (κ1) is 16.6. The van der Waals surface area contributed by atoms with Crippen LogP contribution in [0.25, 0.3) is 0 Å². The smallest absolute Gasteiger partial charge is 0.311 e. The topological polar surface area (TPSA) is 77.9 Å². The van der Waals surface area contributed by atoms with Crippen LogP contribution in [-0.2, 0) is 11.2 Å². The molecule has 0 saturated carbocycles. The zero-order chi connectivity index (χ0) is 16.8. The van der Waals surface area contributed by atoms with Gasteiger partial charge in [0.05, 0.1) is 27.2 Å². The molecule has 0 bridgehead atoms. The summed E-state index contributed by atoms with van der Waals surface area (Å²) in [6.45, 7) is 0. The lowest BCUT2D eigenvalue weighted by Gasteiger charge is -2.20. The van der Waals surface area contributed by atoms with E-state index in [9.17, 15) is 9.90 Å². The van der Waals surface area contributed by atoms with E-state index < -0.39 is 11.9 Å². The number of pyridine rings is 1. The Balaban J connectivity index is 2.49. The number of benzene rings is 1. The molecule has 23 heavy (non-hydrogen) atoms. The van der Waals surface area contributed by atoms with Crippen LogP contribution in [0.2, 0.25) is 0 Å². The summed E-state index contributed by atoms with van der Waals surface area (Å²) in [5.74, 6) is -0.500. The number of nitrogens with zero attached hydrogens (tertiary/aromatic N) is 1. The van der Waals surface area contributed by atoms with Crippen molar-refractivity contribution in [2.75, 3.05) is 21.3 Å². The lowest BCUT2D eigenvalue weighted by atomic mass is 9.91. The van der Waals surface area contributed by atoms with Gasteiger partial charge < -0.3 is 19.3 Å². The Hall–Kier alpha value is -2.76. The molecule has 6 nitrogen and oxygen atoms in total. The molecule has 1 N–H and O–H groups in total. The number of aliphatic carboxylic acids is 1. The van der Waals surface area contributed by atoms with E-state index in [1.54, 1.807) is 30.6 Å². The summed E-state index contributed by atoms with van der Waals surface area (Å²) >= 11 is 0. The van der Waals surface area contributed by atoms with Crippen LogP contribution in [-0.4, -0.2) is 37.4 Å². The van der Waals surface area contributed by atoms with Crippen LogP contribution in [0.15, 0.2) is 36.7 Å². The largest absolute Gasteiger partial charge is 0.493 e. The fraction of sp³-hybridized carbons (Fsp3) is 0.294. The second-order valence-electron chi connectivity index (χ2n) is 4.88. The Morgan fingerprint density at radius 1 is 1.13 bits per heavy atom. The number of aromatic nitrogens is 1. The molecule has 0 aliphatic heterocycles. The van der Waals surface area contributed by atoms with Crippen molar-refractivity contribution in [2.24, 2.45) is 0 Å². The van der Waals surface area contributed by atoms with E-state index in [2.05, 4.69) is 4.98 Å². The molecular weight excluding hydrogens is 298 g/mol. The highest BCUT2D eigenvalue weighted by molar-refractivity contribution is 5.79. The molecule has 0 aliphatic rings. The number of methoxy groups -OCH3 is 3. The van der Waals surface area contributed by atoms with E-state index in [1.807, 2.05) is 6.07 Å². The van der Waals surface area contributed by atoms with E-state index >= 15 is 0 Å². The lowest BCUT2D eigenvalue weighted by molar-refractivity contribution is -0.138. The molecule has 122 valence electrons. The van der Waals surface area contributed by atoms with Crippen molar-refractivity contribution in [3.05, 3.63) is 47.8 Å². The van der Waals surface area contributed by atoms with Crippen LogP contribution in [0.1, 0.15) is 17.0 Å². The summed E-state index contributed by atoms with van der Waals surface area (Å²) in [6, 6.07) is 6.99. The zero-order valence-corrected chi connectivity index (χ0v) is 13.3. The predicted molar refractivity (Wildman–Crippen MR) is 84.4 cm³/mol. The number of rotatable bonds is 7. The van der Waals surface area contributed by atoms with Crippen molar-refractivity contribution in [1.82, 2.24) is 4.98 Å². The minimum Gasteiger partial charge on any atom is -0.493 e. The fourth-order valence-corrected chi connectivity index (χ4v) is 2.48. The van der Waals surface area contributed by atoms with Crippen LogP contribution in [0.5, 0.6) is 17.2 Å². The van der Waals surface area contributed by atoms with Crippen molar-refractivity contribution in [2.45, 2.75) is 12.3 Å². The molecule has 2 aromatic rings. The Kier molecular flexibility index (Phi) is 5.41. The lowest BCUT2D eigenvalue weighted by Crippen LogP contribution is -2.16. The maximum atomic E-state index is 11.8. The second kappa shape index (κ2) is 7.49. The number of hydrogen-bond donors (Lipinski definition) is 1. The number of hydrogen-bond acceptors (Lipinski definition) is 5. The molecule has 1 atom stereocenters. The van der Waals surface area contributed by atoms with Crippen LogP contribution in [0.4, 0.5) is 0 Å². The van der Waals surface area contributed by atoms with E-state index in [0.717, 1.165) is 5.56 Å². The first-order valence-electron chi connectivity index (χ1n) is 7.03. The van der Waals surface area contributed by atoms with E-state index in [1.165, 1.54) is 21.3 Å². The molecule has 6 heteroatoms. The molecule has 1 heterocycles. The summed E-state index contributed by atoms with van der Waals surface area (Å²) in [4.78, 5) is 15.8. The molecule has 0 aliphatic carbocycles. The molecule has 1 aromatic carbocycles. The quantitative estimate of drug-likeness (QED) is 0.845. The summed E-state index contributed by atoms with van der Waals surface area (Å²) in [5, 5.41) is 9.65. The maximum absolute atomic E-state index is 11.8. The van der Waals surface area contributed by atoms with Gasteiger partial charge >= 0.3 is 5.97 Å². The third-order valence-electron chi connectivity index (χ3n) is 3.57. The highest BCUT2D eigenvalue weighted by Crippen LogP contribution is 2.43. The van der Waals surface area contributed by atoms with Gasteiger partial charge in [-0.3, -0.25) is 9.78 Å². The monoisotopic (exact) mass is 317 g/mol. The Morgan fingerprint density at radius 2 is 1.87 bits per heavy atom. The molecule has 0 spiro atoms. The highest BCUT2D eigenvalue weighted by Gasteiger charge is 2.27. The van der Waals surface area contributed by atoms with Gasteiger partial charge in [0, 0.05) is 18.0 Å². The molecule has 0 amide bonds. The summed E-state index contributed by atoms with van der Waals surface area (Å²) in [5.41, 5.74) is 1.36. The summed E-state index contributed by atoms with van der Waals surface area (Å²) in [6.07, 6.45) is 3.61. The van der Waals surface area contributed by atoms with Gasteiger partial charge in [0.1, 0.15) is 0 Å². The molecular formula is C17H19NO5. The molecule has 1 aromatic heterocycles. The second-order valence-corrected chi connectivity index (χ2v) is 4.88. The average molecular weight is 317 g/mol. The standard InChI is InChI=1S/C17H19NO5/c1-21-14-7-6-12(15(22-2)16(14)23-3)13(17(19)20)9-11-5-4-8-18-10-11/h4-8,10,13H,9H2,1-3H3,(H,19,20). The van der Waals surface area contributed by atoms with Gasteiger partial charge in [0.25, 0.3) is 0 Å². The minimum absolute atomic E-state index is 0.301. The SMILES string of the molecule is COc1ccc(C(Cc2cccnc2)C(=O)O)c(OC)c1OC. The first-order chi connectivity index (χ1) is 11.1. The first-order valence-corrected chi connectivity index (χ1v) is 7.03. The Morgan fingerprint density at radius 3 is 2.39 bits per heavy atom. The van der Waals surface area contributed by atoms with Gasteiger partial charge in [0.2, 0.25) is 5.75 Å². The van der Waals surface area contributed by atoms with Crippen molar-refractivity contribution in [3.8, 4) is 17.2 Å². The number of carboxylic acid groups (broad SMARTS) is 1. The Bertz CT molecular complexity index is 672. The molecule has 0 saturated heterocycles. The van der Waals surface area contributed by atoms with E-state index in [-0.39, 0.29) is 0 Å². The highest BCUT2D eigenvalue weighted by atomic mass is 16.5. The van der Waals surface area contributed by atoms with E-state index in [4.69, 9.17) is 14.2 Å². The summed E-state index contributed by atoms with van der Waals surface area (Å²) in [7, 11) is 4.48. The van der Waals surface area contributed by atoms with Crippen molar-refractivity contribution < 1.29 is 24.1 Å². The molecule has 1 unspecified atom stereocenters. The third kappa shape index (κ3) is 3.53. The molecule has 0 radical (unpaired) electrons. The third-order valence-corrected chi connectivity index (χ3v) is 3.57. The van der Waals surface area contributed by atoms with Gasteiger partial charge in [-0.1, -0.05) is 12.1 Å². The maximum Gasteiger partial charge on any atom is 0.311 e. The van der Waals surface area contributed by atoms with Crippen LogP contribution in [0, 0.1) is 0 Å². The van der Waals surface area contributed by atoms with Crippen molar-refractivity contribution in [1.29, 1.82) is 0 Å². The van der Waals surface area contributed by atoms with Crippen LogP contribution >= 0.6 is 0 Å². The normalized spacial score (nSPS) is 11.6. The van der Waals surface area contributed by atoms with Crippen molar-refractivity contribution >= 4 is 5.97 Å². The van der Waals surface area contributed by atoms with Gasteiger partial charge in [-0.25, -0.2) is 0 Å². The van der Waals surface area contributed by atoms with Gasteiger partial charge in [0.15, 0.2) is 11.5 Å². The van der Waals surface area contributed by atoms with Gasteiger partial charge in [-0.05, 0) is 24.1 Å². The van der Waals surface area contributed by atoms with Crippen LogP contribution < -0.4 is 14.2 Å². The predicted octanol–water partition coefficient (Wildman–Crippen LogP) is 2.52. The molecule has 0 fully saturated rings. The average Bonchev–Trinajstić information content (AvgIpc) is 2.58. The van der Waals surface area contributed by atoms with Gasteiger partial charge in [-0.2, -0.15) is 0 Å². The van der Waals surface area contributed by atoms with Crippen LogP contribution in [0.3, 0.4) is 0 Å². The number of ether oxygens (including phenoxy) is 3. The number of carboxylic acids is 1. The van der Waals surface area contributed by atoms with E-state index in [0.29, 0.717) is 29.2 Å². The minimum atomic E-state index is -0.945.